The first-order valence-electron chi connectivity index (χ1n) is 9.61. The first-order chi connectivity index (χ1) is 13.1. The van der Waals surface area contributed by atoms with Gasteiger partial charge in [0.25, 0.3) is 0 Å². The van der Waals surface area contributed by atoms with Gasteiger partial charge in [-0.2, -0.15) is 0 Å². The standard InChI is InChI=1S/C18H29N5O5/c1-10(15(19)25)21-16(26)13-6-4-8-22(13)18(28)14-7-5-9-23(14)17(27)11(2)20-12(3)24/h10-11,13-14H,4-9H2,1-3H3,(H2,19,25)(H,20,24)(H,21,26)/t10-,11-,13-,14-/m0/s1. The van der Waals surface area contributed by atoms with Crippen LogP contribution in [0.3, 0.4) is 0 Å². The molecule has 0 aromatic rings. The number of rotatable bonds is 6. The van der Waals surface area contributed by atoms with Gasteiger partial charge in [-0.1, -0.05) is 0 Å². The fourth-order valence-electron chi connectivity index (χ4n) is 3.78. The smallest absolute Gasteiger partial charge is 0.246 e. The first kappa shape index (κ1) is 21.6. The Morgan fingerprint density at radius 2 is 1.46 bits per heavy atom. The zero-order valence-corrected chi connectivity index (χ0v) is 16.6. The molecule has 5 amide bonds. The lowest BCUT2D eigenvalue weighted by Crippen LogP contribution is -2.56. The number of carbonyl (C=O) groups excluding carboxylic acids is 5. The SMILES string of the molecule is CC(=O)N[C@@H](C)C(=O)N1CCC[C@H]1C(=O)N1CCC[C@H]1C(=O)N[C@@H](C)C(N)=O. The lowest BCUT2D eigenvalue weighted by Gasteiger charge is -2.32. The number of nitrogens with one attached hydrogen (secondary N) is 2. The Labute approximate surface area is 164 Å². The predicted octanol–water partition coefficient (Wildman–Crippen LogP) is -1.52. The van der Waals surface area contributed by atoms with Gasteiger partial charge in [0.05, 0.1) is 0 Å². The molecule has 2 rings (SSSR count). The average Bonchev–Trinajstić information content (AvgIpc) is 3.29. The van der Waals surface area contributed by atoms with Crippen LogP contribution in [0.4, 0.5) is 0 Å². The zero-order chi connectivity index (χ0) is 21.0. The number of nitrogens with two attached hydrogens (primary N) is 1. The minimum absolute atomic E-state index is 0.273. The summed E-state index contributed by atoms with van der Waals surface area (Å²) < 4.78 is 0. The maximum Gasteiger partial charge on any atom is 0.246 e. The summed E-state index contributed by atoms with van der Waals surface area (Å²) in [6.07, 6.45) is 2.35. The average molecular weight is 395 g/mol. The van der Waals surface area contributed by atoms with Gasteiger partial charge < -0.3 is 26.2 Å². The molecule has 2 saturated heterocycles. The van der Waals surface area contributed by atoms with Crippen LogP contribution in [0.1, 0.15) is 46.5 Å². The van der Waals surface area contributed by atoms with E-state index in [4.69, 9.17) is 5.73 Å². The molecule has 2 aliphatic heterocycles. The Morgan fingerprint density at radius 1 is 0.893 bits per heavy atom. The van der Waals surface area contributed by atoms with Gasteiger partial charge in [-0.05, 0) is 39.5 Å². The van der Waals surface area contributed by atoms with Gasteiger partial charge in [-0.3, -0.25) is 24.0 Å². The van der Waals surface area contributed by atoms with Gasteiger partial charge in [-0.25, -0.2) is 0 Å². The number of hydrogen-bond acceptors (Lipinski definition) is 5. The molecule has 2 aliphatic rings. The minimum atomic E-state index is -0.826. The van der Waals surface area contributed by atoms with E-state index in [1.54, 1.807) is 6.92 Å². The van der Waals surface area contributed by atoms with Crippen LogP contribution < -0.4 is 16.4 Å². The third kappa shape index (κ3) is 4.79. The quantitative estimate of drug-likeness (QED) is 0.501. The lowest BCUT2D eigenvalue weighted by molar-refractivity contribution is -0.147. The molecule has 10 heteroatoms. The fourth-order valence-corrected chi connectivity index (χ4v) is 3.78. The van der Waals surface area contributed by atoms with E-state index >= 15 is 0 Å². The summed E-state index contributed by atoms with van der Waals surface area (Å²) in [6.45, 7) is 5.25. The Balaban J connectivity index is 2.08. The van der Waals surface area contributed by atoms with Gasteiger partial charge in [0.2, 0.25) is 29.5 Å². The Bertz CT molecular complexity index is 667. The predicted molar refractivity (Wildman–Crippen MR) is 99.5 cm³/mol. The van der Waals surface area contributed by atoms with Crippen molar-refractivity contribution in [2.75, 3.05) is 13.1 Å². The van der Waals surface area contributed by atoms with Gasteiger partial charge in [0, 0.05) is 20.0 Å². The first-order valence-corrected chi connectivity index (χ1v) is 9.61. The third-order valence-electron chi connectivity index (χ3n) is 5.24. The molecule has 4 atom stereocenters. The van der Waals surface area contributed by atoms with E-state index < -0.39 is 36.0 Å². The molecule has 0 aromatic heterocycles. The van der Waals surface area contributed by atoms with Crippen LogP contribution in [0.15, 0.2) is 0 Å². The molecule has 0 aliphatic carbocycles. The van der Waals surface area contributed by atoms with Crippen LogP contribution in [0.5, 0.6) is 0 Å². The van der Waals surface area contributed by atoms with E-state index in [2.05, 4.69) is 10.6 Å². The highest BCUT2D eigenvalue weighted by molar-refractivity contribution is 5.95. The van der Waals surface area contributed by atoms with Crippen LogP contribution >= 0.6 is 0 Å². The van der Waals surface area contributed by atoms with Crippen LogP contribution in [0, 0.1) is 0 Å². The van der Waals surface area contributed by atoms with Crippen molar-refractivity contribution < 1.29 is 24.0 Å². The second-order valence-electron chi connectivity index (χ2n) is 7.43. The summed E-state index contributed by atoms with van der Waals surface area (Å²) in [5, 5.41) is 5.08. The molecule has 0 bridgehead atoms. The summed E-state index contributed by atoms with van der Waals surface area (Å²) >= 11 is 0. The molecule has 2 heterocycles. The second kappa shape index (κ2) is 9.03. The van der Waals surface area contributed by atoms with E-state index in [0.29, 0.717) is 38.8 Å². The number of likely N-dealkylation sites (tertiary alicyclic amines) is 2. The molecule has 156 valence electrons. The Morgan fingerprint density at radius 3 is 2.04 bits per heavy atom. The normalized spacial score (nSPS) is 23.8. The molecule has 0 spiro atoms. The number of amides is 5. The fraction of sp³-hybridized carbons (Fsp3) is 0.722. The molecule has 4 N–H and O–H groups in total. The number of carbonyl (C=O) groups is 5. The summed E-state index contributed by atoms with van der Waals surface area (Å²) in [6, 6.07) is -2.88. The summed E-state index contributed by atoms with van der Waals surface area (Å²) in [5.41, 5.74) is 5.18. The highest BCUT2D eigenvalue weighted by Gasteiger charge is 2.43. The third-order valence-corrected chi connectivity index (χ3v) is 5.24. The summed E-state index contributed by atoms with van der Waals surface area (Å²) in [5.74, 6) is -1.97. The topological polar surface area (TPSA) is 142 Å². The van der Waals surface area contributed by atoms with Gasteiger partial charge in [0.1, 0.15) is 24.2 Å². The van der Waals surface area contributed by atoms with Crippen molar-refractivity contribution >= 4 is 29.5 Å². The molecule has 0 unspecified atom stereocenters. The summed E-state index contributed by atoms with van der Waals surface area (Å²) in [4.78, 5) is 63.6. The molecule has 28 heavy (non-hydrogen) atoms. The molecular weight excluding hydrogens is 366 g/mol. The Kier molecular flexibility index (Phi) is 6.98. The maximum atomic E-state index is 13.1. The molecular formula is C18H29N5O5. The second-order valence-corrected chi connectivity index (χ2v) is 7.43. The van der Waals surface area contributed by atoms with Crippen molar-refractivity contribution in [3.63, 3.8) is 0 Å². The maximum absolute atomic E-state index is 13.1. The highest BCUT2D eigenvalue weighted by Crippen LogP contribution is 2.25. The van der Waals surface area contributed by atoms with Crippen molar-refractivity contribution in [3.8, 4) is 0 Å². The monoisotopic (exact) mass is 395 g/mol. The zero-order valence-electron chi connectivity index (χ0n) is 16.6. The van der Waals surface area contributed by atoms with Crippen molar-refractivity contribution in [3.05, 3.63) is 0 Å². The molecule has 10 nitrogen and oxygen atoms in total. The van der Waals surface area contributed by atoms with Crippen LogP contribution in [0.25, 0.3) is 0 Å². The highest BCUT2D eigenvalue weighted by atomic mass is 16.2. The van der Waals surface area contributed by atoms with Gasteiger partial charge >= 0.3 is 0 Å². The van der Waals surface area contributed by atoms with Crippen LogP contribution in [0.2, 0.25) is 0 Å². The number of hydrogen-bond donors (Lipinski definition) is 3. The van der Waals surface area contributed by atoms with Gasteiger partial charge in [-0.15, -0.1) is 0 Å². The number of primary amides is 1. The van der Waals surface area contributed by atoms with Crippen LogP contribution in [-0.2, 0) is 24.0 Å². The summed E-state index contributed by atoms with van der Waals surface area (Å²) in [7, 11) is 0. The van der Waals surface area contributed by atoms with Crippen molar-refractivity contribution in [1.29, 1.82) is 0 Å². The van der Waals surface area contributed by atoms with E-state index in [0.717, 1.165) is 0 Å². The number of nitrogens with zero attached hydrogens (tertiary/aromatic N) is 2. The Hall–Kier alpha value is -2.65. The van der Waals surface area contributed by atoms with E-state index in [1.807, 2.05) is 0 Å². The lowest BCUT2D eigenvalue weighted by atomic mass is 10.1. The van der Waals surface area contributed by atoms with E-state index in [-0.39, 0.29) is 17.7 Å². The van der Waals surface area contributed by atoms with E-state index in [9.17, 15) is 24.0 Å². The van der Waals surface area contributed by atoms with E-state index in [1.165, 1.54) is 23.6 Å². The van der Waals surface area contributed by atoms with Gasteiger partial charge in [0.15, 0.2) is 0 Å². The molecule has 0 aromatic carbocycles. The van der Waals surface area contributed by atoms with Crippen molar-refractivity contribution in [1.82, 2.24) is 20.4 Å². The van der Waals surface area contributed by atoms with Crippen molar-refractivity contribution in [2.24, 2.45) is 5.73 Å². The molecule has 2 fully saturated rings. The van der Waals surface area contributed by atoms with Crippen molar-refractivity contribution in [2.45, 2.75) is 70.6 Å². The largest absolute Gasteiger partial charge is 0.368 e. The van der Waals surface area contributed by atoms with Crippen LogP contribution in [-0.4, -0.2) is 76.6 Å². The molecule has 0 radical (unpaired) electrons. The minimum Gasteiger partial charge on any atom is -0.368 e. The molecule has 0 saturated carbocycles.